The van der Waals surface area contributed by atoms with Gasteiger partial charge in [0, 0.05) is 10.8 Å². The van der Waals surface area contributed by atoms with E-state index in [-0.39, 0.29) is 0 Å². The number of benzene rings is 6. The van der Waals surface area contributed by atoms with Crippen LogP contribution >= 0.6 is 7.92 Å². The lowest BCUT2D eigenvalue weighted by Gasteiger charge is -2.19. The number of aromatic nitrogens is 2. The molecule has 0 spiro atoms. The fourth-order valence-corrected chi connectivity index (χ4v) is 8.68. The van der Waals surface area contributed by atoms with Crippen molar-refractivity contribution in [2.24, 2.45) is 0 Å². The first-order valence-corrected chi connectivity index (χ1v) is 16.1. The van der Waals surface area contributed by atoms with Crippen molar-refractivity contribution in [2.75, 3.05) is 0 Å². The third kappa shape index (κ3) is 4.27. The first-order valence-electron chi connectivity index (χ1n) is 14.8. The summed E-state index contributed by atoms with van der Waals surface area (Å²) in [4.78, 5) is 5.15. The molecule has 0 bridgehead atoms. The van der Waals surface area contributed by atoms with Crippen molar-refractivity contribution in [3.8, 4) is 11.1 Å². The number of allylic oxidation sites excluding steroid dienone is 1. The summed E-state index contributed by atoms with van der Waals surface area (Å²) >= 11 is 0. The first-order chi connectivity index (χ1) is 21.7. The summed E-state index contributed by atoms with van der Waals surface area (Å²) in [7, 11) is -0.649. The van der Waals surface area contributed by atoms with Crippen molar-refractivity contribution in [3.63, 3.8) is 0 Å². The average Bonchev–Trinajstić information content (AvgIpc) is 3.47. The zero-order valence-corrected chi connectivity index (χ0v) is 25.1. The molecule has 8 rings (SSSR count). The van der Waals surface area contributed by atoms with Crippen molar-refractivity contribution in [2.45, 2.75) is 0 Å². The largest absolute Gasteiger partial charge is 0.292 e. The van der Waals surface area contributed by atoms with Gasteiger partial charge in [0.25, 0.3) is 0 Å². The van der Waals surface area contributed by atoms with Crippen molar-refractivity contribution in [3.05, 3.63) is 163 Å². The first kappa shape index (κ1) is 26.3. The molecule has 8 aromatic rings. The molecule has 0 atom stereocenters. The maximum Gasteiger partial charge on any atom is 0.147 e. The zero-order chi connectivity index (χ0) is 29.6. The van der Waals surface area contributed by atoms with Crippen LogP contribution in [0.3, 0.4) is 0 Å². The van der Waals surface area contributed by atoms with Gasteiger partial charge in [-0.2, -0.15) is 0 Å². The van der Waals surface area contributed by atoms with Crippen LogP contribution in [0.15, 0.2) is 152 Å². The third-order valence-corrected chi connectivity index (χ3v) is 10.9. The number of fused-ring (bicyclic) bond motifs is 8. The van der Waals surface area contributed by atoms with Gasteiger partial charge in [-0.15, -0.1) is 0 Å². The topological polar surface area (TPSA) is 17.3 Å². The quantitative estimate of drug-likeness (QED) is 0.151. The van der Waals surface area contributed by atoms with Crippen molar-refractivity contribution in [1.82, 2.24) is 9.38 Å². The Morgan fingerprint density at radius 1 is 0.591 bits per heavy atom. The Morgan fingerprint density at radius 3 is 1.91 bits per heavy atom. The van der Waals surface area contributed by atoms with Gasteiger partial charge < -0.3 is 0 Å². The molecule has 0 aliphatic carbocycles. The maximum atomic E-state index is 5.15. The number of nitrogens with zero attached hydrogens (tertiary/aromatic N) is 2. The van der Waals surface area contributed by atoms with E-state index >= 15 is 0 Å². The highest BCUT2D eigenvalue weighted by Gasteiger charge is 2.18. The molecule has 0 saturated carbocycles. The van der Waals surface area contributed by atoms with Crippen LogP contribution in [0, 0.1) is 0 Å². The Kier molecular flexibility index (Phi) is 6.44. The van der Waals surface area contributed by atoms with E-state index in [2.05, 4.69) is 157 Å². The average molecular weight is 581 g/mol. The molecule has 0 N–H and O–H groups in total. The van der Waals surface area contributed by atoms with Gasteiger partial charge in [0.05, 0.1) is 16.6 Å². The van der Waals surface area contributed by atoms with Crippen LogP contribution < -0.4 is 26.4 Å². The van der Waals surface area contributed by atoms with Crippen LogP contribution in [0.25, 0.3) is 62.1 Å². The number of imidazole rings is 1. The summed E-state index contributed by atoms with van der Waals surface area (Å²) in [6.07, 6.45) is 3.88. The van der Waals surface area contributed by atoms with Crippen LogP contribution in [-0.2, 0) is 0 Å². The molecule has 44 heavy (non-hydrogen) atoms. The fourth-order valence-electron chi connectivity index (χ4n) is 6.40. The Morgan fingerprint density at radius 2 is 1.20 bits per heavy atom. The minimum atomic E-state index is -0.649. The third-order valence-electron chi connectivity index (χ3n) is 8.42. The SMILES string of the molecule is C=C/C=c1\c(=C)ccc2c3ccc(-c4ccc(P(c5ccccc5)c5ccccc5)cc4)cc3n3c4ccccc4nc3c12. The van der Waals surface area contributed by atoms with Gasteiger partial charge >= 0.3 is 0 Å². The second-order valence-corrected chi connectivity index (χ2v) is 13.2. The minimum absolute atomic E-state index is 0.649. The Bertz CT molecular complexity index is 2420. The Labute approximate surface area is 257 Å². The van der Waals surface area contributed by atoms with E-state index < -0.39 is 7.92 Å². The van der Waals surface area contributed by atoms with E-state index in [1.807, 2.05) is 12.2 Å². The van der Waals surface area contributed by atoms with Gasteiger partial charge in [-0.25, -0.2) is 4.98 Å². The van der Waals surface area contributed by atoms with Gasteiger partial charge in [-0.3, -0.25) is 4.40 Å². The summed E-state index contributed by atoms with van der Waals surface area (Å²) in [6.45, 7) is 8.30. The molecule has 0 amide bonds. The predicted octanol–water partition coefficient (Wildman–Crippen LogP) is 7.60. The molecular formula is C41H29N2P. The van der Waals surface area contributed by atoms with Crippen molar-refractivity contribution >= 4 is 74.8 Å². The lowest BCUT2D eigenvalue weighted by Crippen LogP contribution is -2.24. The van der Waals surface area contributed by atoms with Crippen molar-refractivity contribution < 1.29 is 0 Å². The molecule has 2 aromatic heterocycles. The smallest absolute Gasteiger partial charge is 0.147 e. The molecular weight excluding hydrogens is 551 g/mol. The Hall–Kier alpha value is -5.30. The second kappa shape index (κ2) is 10.8. The normalized spacial score (nSPS) is 12.2. The zero-order valence-electron chi connectivity index (χ0n) is 24.2. The number of rotatable bonds is 5. The Balaban J connectivity index is 1.34. The van der Waals surface area contributed by atoms with Gasteiger partial charge in [0.2, 0.25) is 0 Å². The number of hydrogen-bond acceptors (Lipinski definition) is 1. The molecule has 2 heterocycles. The van der Waals surface area contributed by atoms with E-state index in [4.69, 9.17) is 4.98 Å². The second-order valence-electron chi connectivity index (χ2n) is 11.0. The van der Waals surface area contributed by atoms with E-state index in [1.165, 1.54) is 37.8 Å². The van der Waals surface area contributed by atoms with Crippen LogP contribution in [-0.4, -0.2) is 9.38 Å². The highest BCUT2D eigenvalue weighted by atomic mass is 31.1. The lowest BCUT2D eigenvalue weighted by atomic mass is 9.99. The predicted molar refractivity (Wildman–Crippen MR) is 191 cm³/mol. The molecule has 0 radical (unpaired) electrons. The summed E-state index contributed by atoms with van der Waals surface area (Å²) in [5.41, 5.74) is 6.52. The molecule has 6 aromatic carbocycles. The molecule has 0 fully saturated rings. The van der Waals surface area contributed by atoms with E-state index in [1.54, 1.807) is 0 Å². The van der Waals surface area contributed by atoms with Gasteiger partial charge in [-0.1, -0.05) is 147 Å². The highest BCUT2D eigenvalue weighted by Crippen LogP contribution is 2.35. The van der Waals surface area contributed by atoms with E-state index in [9.17, 15) is 0 Å². The van der Waals surface area contributed by atoms with Crippen LogP contribution in [0.4, 0.5) is 0 Å². The van der Waals surface area contributed by atoms with Crippen molar-refractivity contribution in [1.29, 1.82) is 0 Å². The standard InChI is InChI=1S/C41H29N2P/c1-3-12-34-28(2)19-25-36-35-26-22-30(27-39(35)43-38-18-11-10-17-37(38)42-41(43)40(34)36)29-20-23-33(24-21-29)44(31-13-6-4-7-14-31)32-15-8-5-9-16-32/h3-27H,1-2H2/b34-12+. The summed E-state index contributed by atoms with van der Waals surface area (Å²) in [5.74, 6) is 0. The molecule has 2 nitrogen and oxygen atoms in total. The highest BCUT2D eigenvalue weighted by molar-refractivity contribution is 7.79. The minimum Gasteiger partial charge on any atom is -0.292 e. The van der Waals surface area contributed by atoms with Crippen LogP contribution in [0.5, 0.6) is 0 Å². The number of hydrogen-bond donors (Lipinski definition) is 0. The molecule has 0 aliphatic rings. The maximum absolute atomic E-state index is 5.15. The molecule has 0 aliphatic heterocycles. The van der Waals surface area contributed by atoms with E-state index in [0.717, 1.165) is 38.0 Å². The summed E-state index contributed by atoms with van der Waals surface area (Å²) in [5, 5.41) is 9.53. The molecule has 0 saturated heterocycles. The molecule has 208 valence electrons. The summed E-state index contributed by atoms with van der Waals surface area (Å²) < 4.78 is 2.31. The number of para-hydroxylation sites is 2. The van der Waals surface area contributed by atoms with Gasteiger partial charge in [0.15, 0.2) is 0 Å². The summed E-state index contributed by atoms with van der Waals surface area (Å²) in [6, 6.07) is 50.3. The fraction of sp³-hybridized carbons (Fsp3) is 0. The van der Waals surface area contributed by atoms with E-state index in [0.29, 0.717) is 0 Å². The van der Waals surface area contributed by atoms with Crippen LogP contribution in [0.1, 0.15) is 0 Å². The number of pyridine rings is 1. The monoisotopic (exact) mass is 580 g/mol. The van der Waals surface area contributed by atoms with Crippen LogP contribution in [0.2, 0.25) is 0 Å². The van der Waals surface area contributed by atoms with Gasteiger partial charge in [0.1, 0.15) is 5.65 Å². The van der Waals surface area contributed by atoms with Gasteiger partial charge in [-0.05, 0) is 69.0 Å². The molecule has 0 unspecified atom stereocenters. The molecule has 3 heteroatoms. The lowest BCUT2D eigenvalue weighted by molar-refractivity contribution is 1.31.